The van der Waals surface area contributed by atoms with Crippen LogP contribution in [-0.2, 0) is 16.0 Å². The Labute approximate surface area is 164 Å². The molecule has 2 amide bonds. The van der Waals surface area contributed by atoms with Gasteiger partial charge in [0.15, 0.2) is 11.5 Å². The number of anilines is 1. The van der Waals surface area contributed by atoms with Crippen LogP contribution in [0.3, 0.4) is 0 Å². The quantitative estimate of drug-likeness (QED) is 0.864. The largest absolute Gasteiger partial charge is 0.493 e. The Morgan fingerprint density at radius 1 is 1.11 bits per heavy atom. The first-order valence-electron chi connectivity index (χ1n) is 9.01. The van der Waals surface area contributed by atoms with Crippen molar-refractivity contribution in [3.05, 3.63) is 58.8 Å². The summed E-state index contributed by atoms with van der Waals surface area (Å²) < 4.78 is 10.6. The number of rotatable bonds is 5. The van der Waals surface area contributed by atoms with Crippen molar-refractivity contribution in [2.45, 2.75) is 20.3 Å². The Balaban J connectivity index is 1.75. The van der Waals surface area contributed by atoms with Gasteiger partial charge in [-0.05, 0) is 54.8 Å². The zero-order valence-corrected chi connectivity index (χ0v) is 16.5. The van der Waals surface area contributed by atoms with Crippen LogP contribution in [0.5, 0.6) is 11.5 Å². The number of amides is 2. The van der Waals surface area contributed by atoms with Crippen LogP contribution in [0, 0.1) is 13.8 Å². The standard InChI is InChI=1S/C22H24N2O4/c1-14-5-6-18(15(2)9-14)23-21(25)13-24-8-7-16-10-19(27-3)20(28-4)11-17(16)12-22(24)26/h5-11H,12-13H2,1-4H3,(H,23,25). The van der Waals surface area contributed by atoms with E-state index in [2.05, 4.69) is 5.32 Å². The number of fused-ring (bicyclic) bond motifs is 1. The summed E-state index contributed by atoms with van der Waals surface area (Å²) in [5.41, 5.74) is 4.56. The molecular formula is C22H24N2O4. The number of methoxy groups -OCH3 is 2. The number of hydrogen-bond donors (Lipinski definition) is 1. The van der Waals surface area contributed by atoms with Crippen LogP contribution in [0.4, 0.5) is 5.69 Å². The molecule has 1 N–H and O–H groups in total. The normalized spacial score (nSPS) is 13.0. The molecule has 0 fully saturated rings. The third-order valence-corrected chi connectivity index (χ3v) is 4.71. The van der Waals surface area contributed by atoms with E-state index in [4.69, 9.17) is 9.47 Å². The van der Waals surface area contributed by atoms with Crippen molar-refractivity contribution in [3.8, 4) is 11.5 Å². The highest BCUT2D eigenvalue weighted by Crippen LogP contribution is 2.32. The van der Waals surface area contributed by atoms with Crippen molar-refractivity contribution >= 4 is 23.6 Å². The second kappa shape index (κ2) is 8.17. The van der Waals surface area contributed by atoms with Crippen LogP contribution >= 0.6 is 0 Å². The summed E-state index contributed by atoms with van der Waals surface area (Å²) in [4.78, 5) is 26.6. The predicted octanol–water partition coefficient (Wildman–Crippen LogP) is 3.31. The third-order valence-electron chi connectivity index (χ3n) is 4.71. The van der Waals surface area contributed by atoms with Gasteiger partial charge in [-0.1, -0.05) is 17.7 Å². The second-order valence-electron chi connectivity index (χ2n) is 6.79. The van der Waals surface area contributed by atoms with E-state index in [9.17, 15) is 9.59 Å². The van der Waals surface area contributed by atoms with Crippen LogP contribution in [0.15, 0.2) is 36.5 Å². The molecule has 3 rings (SSSR count). The fraction of sp³-hybridized carbons (Fsp3) is 0.273. The number of benzene rings is 2. The summed E-state index contributed by atoms with van der Waals surface area (Å²) in [6.07, 6.45) is 3.63. The minimum atomic E-state index is -0.244. The first-order chi connectivity index (χ1) is 13.4. The highest BCUT2D eigenvalue weighted by molar-refractivity contribution is 5.96. The average molecular weight is 380 g/mol. The van der Waals surface area contributed by atoms with E-state index in [1.165, 1.54) is 4.90 Å². The number of nitrogens with one attached hydrogen (secondary N) is 1. The summed E-state index contributed by atoms with van der Waals surface area (Å²) in [6, 6.07) is 9.45. The van der Waals surface area contributed by atoms with Gasteiger partial charge in [0.1, 0.15) is 6.54 Å². The van der Waals surface area contributed by atoms with Gasteiger partial charge in [-0.25, -0.2) is 0 Å². The molecule has 1 heterocycles. The molecule has 2 aromatic rings. The molecule has 0 unspecified atom stereocenters. The van der Waals surface area contributed by atoms with Crippen LogP contribution < -0.4 is 14.8 Å². The van der Waals surface area contributed by atoms with E-state index in [0.29, 0.717) is 11.5 Å². The molecule has 0 bridgehead atoms. The number of aryl methyl sites for hydroxylation is 2. The maximum atomic E-state index is 12.7. The van der Waals surface area contributed by atoms with Gasteiger partial charge in [0.2, 0.25) is 11.8 Å². The zero-order chi connectivity index (χ0) is 20.3. The van der Waals surface area contributed by atoms with Gasteiger partial charge in [-0.15, -0.1) is 0 Å². The van der Waals surface area contributed by atoms with Crippen molar-refractivity contribution < 1.29 is 19.1 Å². The number of hydrogen-bond acceptors (Lipinski definition) is 4. The third kappa shape index (κ3) is 4.17. The van der Waals surface area contributed by atoms with Crippen molar-refractivity contribution in [1.29, 1.82) is 0 Å². The summed E-state index contributed by atoms with van der Waals surface area (Å²) >= 11 is 0. The van der Waals surface area contributed by atoms with Crippen molar-refractivity contribution in [3.63, 3.8) is 0 Å². The molecule has 146 valence electrons. The van der Waals surface area contributed by atoms with E-state index in [1.807, 2.05) is 44.2 Å². The molecule has 6 heteroatoms. The summed E-state index contributed by atoms with van der Waals surface area (Å²) in [5, 5.41) is 2.88. The Hall–Kier alpha value is -3.28. The van der Waals surface area contributed by atoms with Crippen LogP contribution in [0.25, 0.3) is 6.08 Å². The molecular weight excluding hydrogens is 356 g/mol. The minimum Gasteiger partial charge on any atom is -0.493 e. The maximum Gasteiger partial charge on any atom is 0.244 e. The lowest BCUT2D eigenvalue weighted by molar-refractivity contribution is -0.131. The number of nitrogens with zero attached hydrogens (tertiary/aromatic N) is 1. The molecule has 0 aromatic heterocycles. The predicted molar refractivity (Wildman–Crippen MR) is 109 cm³/mol. The molecule has 1 aliphatic rings. The molecule has 0 radical (unpaired) electrons. The van der Waals surface area contributed by atoms with Gasteiger partial charge in [0.05, 0.1) is 20.6 Å². The van der Waals surface area contributed by atoms with Gasteiger partial charge < -0.3 is 19.7 Å². The fourth-order valence-electron chi connectivity index (χ4n) is 3.20. The lowest BCUT2D eigenvalue weighted by atomic mass is 10.0. The number of ether oxygens (including phenoxy) is 2. The monoisotopic (exact) mass is 380 g/mol. The Morgan fingerprint density at radius 2 is 1.82 bits per heavy atom. The number of carbonyl (C=O) groups is 2. The van der Waals surface area contributed by atoms with Crippen molar-refractivity contribution in [1.82, 2.24) is 4.90 Å². The second-order valence-corrected chi connectivity index (χ2v) is 6.79. The van der Waals surface area contributed by atoms with Gasteiger partial charge in [-0.3, -0.25) is 9.59 Å². The fourth-order valence-corrected chi connectivity index (χ4v) is 3.20. The lowest BCUT2D eigenvalue weighted by Crippen LogP contribution is -2.34. The van der Waals surface area contributed by atoms with Crippen molar-refractivity contribution in [2.24, 2.45) is 0 Å². The smallest absolute Gasteiger partial charge is 0.244 e. The number of carbonyl (C=O) groups excluding carboxylic acids is 2. The highest BCUT2D eigenvalue weighted by atomic mass is 16.5. The van der Waals surface area contributed by atoms with Gasteiger partial charge >= 0.3 is 0 Å². The Morgan fingerprint density at radius 3 is 2.50 bits per heavy atom. The van der Waals surface area contributed by atoms with E-state index in [1.54, 1.807) is 26.5 Å². The zero-order valence-electron chi connectivity index (χ0n) is 16.5. The molecule has 0 aliphatic carbocycles. The Kier molecular flexibility index (Phi) is 5.68. The summed E-state index contributed by atoms with van der Waals surface area (Å²) in [5.74, 6) is 0.770. The highest BCUT2D eigenvalue weighted by Gasteiger charge is 2.21. The molecule has 0 spiro atoms. The van der Waals surface area contributed by atoms with E-state index < -0.39 is 0 Å². The summed E-state index contributed by atoms with van der Waals surface area (Å²) in [7, 11) is 3.13. The summed E-state index contributed by atoms with van der Waals surface area (Å²) in [6.45, 7) is 3.89. The van der Waals surface area contributed by atoms with Gasteiger partial charge in [-0.2, -0.15) is 0 Å². The molecule has 6 nitrogen and oxygen atoms in total. The van der Waals surface area contributed by atoms with Gasteiger partial charge in [0.25, 0.3) is 0 Å². The van der Waals surface area contributed by atoms with Crippen LogP contribution in [0.1, 0.15) is 22.3 Å². The SMILES string of the molecule is COc1cc2c(cc1OC)CC(=O)N(CC(=O)Nc1ccc(C)cc1C)C=C2. The molecule has 2 aromatic carbocycles. The minimum absolute atomic E-state index is 0.0507. The van der Waals surface area contributed by atoms with E-state index >= 15 is 0 Å². The van der Waals surface area contributed by atoms with Crippen LogP contribution in [-0.4, -0.2) is 37.5 Å². The lowest BCUT2D eigenvalue weighted by Gasteiger charge is -2.17. The molecule has 1 aliphatic heterocycles. The van der Waals surface area contributed by atoms with Crippen LogP contribution in [0.2, 0.25) is 0 Å². The van der Waals surface area contributed by atoms with E-state index in [0.717, 1.165) is 27.9 Å². The first kappa shape index (κ1) is 19.5. The molecule has 0 saturated heterocycles. The molecule has 0 saturated carbocycles. The average Bonchev–Trinajstić information content (AvgIpc) is 2.81. The van der Waals surface area contributed by atoms with Gasteiger partial charge in [0, 0.05) is 11.9 Å². The first-order valence-corrected chi connectivity index (χ1v) is 9.01. The molecule has 0 atom stereocenters. The van der Waals surface area contributed by atoms with E-state index in [-0.39, 0.29) is 24.8 Å². The Bertz CT molecular complexity index is 950. The maximum absolute atomic E-state index is 12.7. The topological polar surface area (TPSA) is 67.9 Å². The molecule has 28 heavy (non-hydrogen) atoms. The van der Waals surface area contributed by atoms with Crippen molar-refractivity contribution in [2.75, 3.05) is 26.1 Å².